The number of carbonyl (C=O) groups is 1. The van der Waals surface area contributed by atoms with E-state index in [0.717, 1.165) is 32.2 Å². The summed E-state index contributed by atoms with van der Waals surface area (Å²) in [5, 5.41) is 2.86. The Hall–Kier alpha value is -2.38. The van der Waals surface area contributed by atoms with Gasteiger partial charge in [-0.3, -0.25) is 4.79 Å². The summed E-state index contributed by atoms with van der Waals surface area (Å²) < 4.78 is 32.6. The van der Waals surface area contributed by atoms with Crippen molar-refractivity contribution < 1.29 is 17.9 Å². The molecule has 0 saturated carbocycles. The van der Waals surface area contributed by atoms with Crippen molar-refractivity contribution in [3.05, 3.63) is 52.6 Å². The molecule has 152 valence electrons. The molecular weight excluding hydrogens is 376 g/mol. The summed E-state index contributed by atoms with van der Waals surface area (Å²) >= 11 is 0. The van der Waals surface area contributed by atoms with Crippen molar-refractivity contribution in [1.29, 1.82) is 0 Å². The molecule has 0 aromatic heterocycles. The first-order chi connectivity index (χ1) is 13.1. The van der Waals surface area contributed by atoms with E-state index in [0.29, 0.717) is 0 Å². The number of benzene rings is 2. The zero-order valence-electron chi connectivity index (χ0n) is 17.3. The molecule has 2 aromatic rings. The molecule has 0 aliphatic heterocycles. The van der Waals surface area contributed by atoms with Gasteiger partial charge in [0.25, 0.3) is 0 Å². The predicted molar refractivity (Wildman–Crippen MR) is 111 cm³/mol. The van der Waals surface area contributed by atoms with E-state index in [4.69, 9.17) is 4.74 Å². The third-order valence-corrected chi connectivity index (χ3v) is 6.49. The Morgan fingerprint density at radius 1 is 1.04 bits per heavy atom. The fourth-order valence-corrected chi connectivity index (χ4v) is 4.85. The SMILES string of the molecule is CCN(CC(=O)Nc1c(C)cc(C)cc1C)S(=O)(=O)c1cc(C)ccc1OC. The van der Waals surface area contributed by atoms with Crippen molar-refractivity contribution in [2.75, 3.05) is 25.5 Å². The number of nitrogens with zero attached hydrogens (tertiary/aromatic N) is 1. The maximum absolute atomic E-state index is 13.1. The number of anilines is 1. The Kier molecular flexibility index (Phi) is 6.85. The van der Waals surface area contributed by atoms with Crippen LogP contribution in [0.5, 0.6) is 5.75 Å². The van der Waals surface area contributed by atoms with Gasteiger partial charge in [0, 0.05) is 12.2 Å². The summed E-state index contributed by atoms with van der Waals surface area (Å²) in [6.45, 7) is 9.23. The number of nitrogens with one attached hydrogen (secondary N) is 1. The van der Waals surface area contributed by atoms with E-state index in [1.807, 2.05) is 39.8 Å². The number of carbonyl (C=O) groups excluding carboxylic acids is 1. The molecule has 7 heteroatoms. The van der Waals surface area contributed by atoms with Crippen molar-refractivity contribution in [3.63, 3.8) is 0 Å². The number of ether oxygens (including phenoxy) is 1. The minimum Gasteiger partial charge on any atom is -0.495 e. The van der Waals surface area contributed by atoms with Gasteiger partial charge in [0.2, 0.25) is 15.9 Å². The molecule has 0 unspecified atom stereocenters. The molecule has 0 saturated heterocycles. The summed E-state index contributed by atoms with van der Waals surface area (Å²) in [4.78, 5) is 12.7. The molecule has 0 heterocycles. The number of rotatable bonds is 7. The van der Waals surface area contributed by atoms with Gasteiger partial charge in [-0.1, -0.05) is 30.7 Å². The highest BCUT2D eigenvalue weighted by atomic mass is 32.2. The van der Waals surface area contributed by atoms with Crippen LogP contribution >= 0.6 is 0 Å². The summed E-state index contributed by atoms with van der Waals surface area (Å²) in [6, 6.07) is 8.92. The molecule has 6 nitrogen and oxygen atoms in total. The van der Waals surface area contributed by atoms with Crippen LogP contribution in [-0.4, -0.2) is 38.8 Å². The Bertz CT molecular complexity index is 961. The molecular formula is C21H28N2O4S. The maximum Gasteiger partial charge on any atom is 0.247 e. The predicted octanol–water partition coefficient (Wildman–Crippen LogP) is 3.58. The van der Waals surface area contributed by atoms with Crippen LogP contribution in [0.25, 0.3) is 0 Å². The lowest BCUT2D eigenvalue weighted by Crippen LogP contribution is -2.38. The topological polar surface area (TPSA) is 75.7 Å². The van der Waals surface area contributed by atoms with Gasteiger partial charge in [-0.25, -0.2) is 8.42 Å². The standard InChI is InChI=1S/C21H28N2O4S/c1-7-23(28(25,26)19-12-14(2)8-9-18(19)27-6)13-20(24)22-21-16(4)10-15(3)11-17(21)5/h8-12H,7,13H2,1-6H3,(H,22,24). The zero-order chi connectivity index (χ0) is 21.1. The molecule has 1 amide bonds. The molecule has 1 N–H and O–H groups in total. The molecule has 0 atom stereocenters. The highest BCUT2D eigenvalue weighted by Gasteiger charge is 2.28. The van der Waals surface area contributed by atoms with Gasteiger partial charge in [0.05, 0.1) is 13.7 Å². The quantitative estimate of drug-likeness (QED) is 0.765. The van der Waals surface area contributed by atoms with Gasteiger partial charge in [0.15, 0.2) is 0 Å². The second kappa shape index (κ2) is 8.75. The fraction of sp³-hybridized carbons (Fsp3) is 0.381. The molecule has 2 aromatic carbocycles. The molecule has 0 aliphatic rings. The van der Waals surface area contributed by atoms with Crippen molar-refractivity contribution in [3.8, 4) is 5.75 Å². The van der Waals surface area contributed by atoms with Crippen LogP contribution in [0, 0.1) is 27.7 Å². The number of likely N-dealkylation sites (N-methyl/N-ethyl adjacent to an activating group) is 1. The minimum atomic E-state index is -3.88. The zero-order valence-corrected chi connectivity index (χ0v) is 18.1. The molecule has 0 bridgehead atoms. The third kappa shape index (κ3) is 4.72. The van der Waals surface area contributed by atoms with Crippen LogP contribution in [-0.2, 0) is 14.8 Å². The van der Waals surface area contributed by atoms with Crippen molar-refractivity contribution >= 4 is 21.6 Å². The highest BCUT2D eigenvalue weighted by molar-refractivity contribution is 7.89. The second-order valence-corrected chi connectivity index (χ2v) is 8.81. The van der Waals surface area contributed by atoms with Crippen LogP contribution in [0.4, 0.5) is 5.69 Å². The van der Waals surface area contributed by atoms with Gasteiger partial charge >= 0.3 is 0 Å². The molecule has 0 aliphatic carbocycles. The van der Waals surface area contributed by atoms with E-state index in [9.17, 15) is 13.2 Å². The summed E-state index contributed by atoms with van der Waals surface area (Å²) in [7, 11) is -2.46. The summed E-state index contributed by atoms with van der Waals surface area (Å²) in [6.07, 6.45) is 0. The molecule has 0 radical (unpaired) electrons. The van der Waals surface area contributed by atoms with Crippen molar-refractivity contribution in [2.24, 2.45) is 0 Å². The Labute approximate surface area is 167 Å². The van der Waals surface area contributed by atoms with Gasteiger partial charge in [0.1, 0.15) is 10.6 Å². The van der Waals surface area contributed by atoms with Gasteiger partial charge in [-0.2, -0.15) is 4.31 Å². The van der Waals surface area contributed by atoms with E-state index >= 15 is 0 Å². The van der Waals surface area contributed by atoms with E-state index in [1.54, 1.807) is 25.1 Å². The lowest BCUT2D eigenvalue weighted by Gasteiger charge is -2.22. The number of methoxy groups -OCH3 is 1. The summed E-state index contributed by atoms with van der Waals surface area (Å²) in [5.74, 6) is -0.123. The number of hydrogen-bond acceptors (Lipinski definition) is 4. The fourth-order valence-electron chi connectivity index (χ4n) is 3.21. The Balaban J connectivity index is 2.29. The first-order valence-electron chi connectivity index (χ1n) is 9.12. The van der Waals surface area contributed by atoms with Crippen LogP contribution in [0.3, 0.4) is 0 Å². The third-order valence-electron chi connectivity index (χ3n) is 4.55. The highest BCUT2D eigenvalue weighted by Crippen LogP contribution is 2.28. The van der Waals surface area contributed by atoms with E-state index < -0.39 is 10.0 Å². The molecule has 0 spiro atoms. The van der Waals surface area contributed by atoms with Crippen LogP contribution in [0.2, 0.25) is 0 Å². The van der Waals surface area contributed by atoms with Gasteiger partial charge in [-0.05, 0) is 56.5 Å². The van der Waals surface area contributed by atoms with E-state index in [2.05, 4.69) is 5.32 Å². The van der Waals surface area contributed by atoms with Crippen molar-refractivity contribution in [1.82, 2.24) is 4.31 Å². The van der Waals surface area contributed by atoms with E-state index in [-0.39, 0.29) is 29.6 Å². The first-order valence-corrected chi connectivity index (χ1v) is 10.6. The second-order valence-electron chi connectivity index (χ2n) is 6.91. The average Bonchev–Trinajstić information content (AvgIpc) is 2.62. The smallest absolute Gasteiger partial charge is 0.247 e. The lowest BCUT2D eigenvalue weighted by molar-refractivity contribution is -0.116. The number of aryl methyl sites for hydroxylation is 4. The van der Waals surface area contributed by atoms with Gasteiger partial charge in [-0.15, -0.1) is 0 Å². The van der Waals surface area contributed by atoms with E-state index in [1.165, 1.54) is 7.11 Å². The van der Waals surface area contributed by atoms with Crippen molar-refractivity contribution in [2.45, 2.75) is 39.5 Å². The van der Waals surface area contributed by atoms with Crippen LogP contribution < -0.4 is 10.1 Å². The largest absolute Gasteiger partial charge is 0.495 e. The monoisotopic (exact) mass is 404 g/mol. The average molecular weight is 405 g/mol. The lowest BCUT2D eigenvalue weighted by atomic mass is 10.1. The number of sulfonamides is 1. The molecule has 28 heavy (non-hydrogen) atoms. The number of hydrogen-bond donors (Lipinski definition) is 1. The molecule has 2 rings (SSSR count). The van der Waals surface area contributed by atoms with Crippen LogP contribution in [0.15, 0.2) is 35.2 Å². The minimum absolute atomic E-state index is 0.0624. The van der Waals surface area contributed by atoms with Gasteiger partial charge < -0.3 is 10.1 Å². The summed E-state index contributed by atoms with van der Waals surface area (Å²) in [5.41, 5.74) is 4.51. The number of amides is 1. The maximum atomic E-state index is 13.1. The Morgan fingerprint density at radius 3 is 2.18 bits per heavy atom. The first kappa shape index (κ1) is 21.9. The normalized spacial score (nSPS) is 11.5. The Morgan fingerprint density at radius 2 is 1.64 bits per heavy atom. The molecule has 0 fully saturated rings. The van der Waals surface area contributed by atoms with Crippen LogP contribution in [0.1, 0.15) is 29.2 Å².